The summed E-state index contributed by atoms with van der Waals surface area (Å²) in [6, 6.07) is 4.61. The number of nitrogens with two attached hydrogens (primary N) is 1. The van der Waals surface area contributed by atoms with Gasteiger partial charge in [0.15, 0.2) is 0 Å². The second kappa shape index (κ2) is 4.58. The fourth-order valence-corrected chi connectivity index (χ4v) is 1.06. The third-order valence-corrected chi connectivity index (χ3v) is 1.75. The van der Waals surface area contributed by atoms with E-state index in [2.05, 4.69) is 24.5 Å². The molecule has 72 valence electrons. The highest BCUT2D eigenvalue weighted by atomic mass is 32.1. The number of nitrogen functional groups attached to an aromatic ring is 1. The minimum Gasteiger partial charge on any atom is -0.478 e. The van der Waals surface area contributed by atoms with E-state index in [-0.39, 0.29) is 11.3 Å². The molecular formula is C10H9NO2S. The first-order valence-electron chi connectivity index (χ1n) is 3.87. The molecule has 0 aliphatic carbocycles. The van der Waals surface area contributed by atoms with Crippen LogP contribution in [0, 0.1) is 11.8 Å². The number of rotatable bonds is 1. The van der Waals surface area contributed by atoms with Gasteiger partial charge in [0, 0.05) is 11.3 Å². The number of anilines is 1. The van der Waals surface area contributed by atoms with Crippen LogP contribution >= 0.6 is 12.6 Å². The number of benzene rings is 1. The summed E-state index contributed by atoms with van der Waals surface area (Å²) in [5.41, 5.74) is 6.55. The Hall–Kier alpha value is -1.60. The van der Waals surface area contributed by atoms with E-state index in [0.29, 0.717) is 11.3 Å². The van der Waals surface area contributed by atoms with Gasteiger partial charge in [0.1, 0.15) is 0 Å². The lowest BCUT2D eigenvalue weighted by molar-refractivity contribution is 0.0698. The van der Waals surface area contributed by atoms with E-state index in [1.165, 1.54) is 6.07 Å². The molecule has 0 aliphatic heterocycles. The average molecular weight is 207 g/mol. The quantitative estimate of drug-likeness (QED) is 0.369. The van der Waals surface area contributed by atoms with Gasteiger partial charge in [-0.05, 0) is 18.2 Å². The Labute approximate surface area is 87.3 Å². The highest BCUT2D eigenvalue weighted by molar-refractivity contribution is 7.80. The van der Waals surface area contributed by atoms with Gasteiger partial charge in [0.2, 0.25) is 0 Å². The van der Waals surface area contributed by atoms with Gasteiger partial charge in [0.25, 0.3) is 0 Å². The highest BCUT2D eigenvalue weighted by Gasteiger charge is 2.06. The Bertz CT molecular complexity index is 418. The topological polar surface area (TPSA) is 63.3 Å². The van der Waals surface area contributed by atoms with Crippen molar-refractivity contribution in [3.05, 3.63) is 29.3 Å². The van der Waals surface area contributed by atoms with Crippen LogP contribution in [0.5, 0.6) is 0 Å². The molecule has 4 heteroatoms. The number of thiol groups is 1. The van der Waals surface area contributed by atoms with E-state index in [9.17, 15) is 4.79 Å². The van der Waals surface area contributed by atoms with E-state index in [1.807, 2.05) is 0 Å². The van der Waals surface area contributed by atoms with Gasteiger partial charge < -0.3 is 10.8 Å². The van der Waals surface area contributed by atoms with Crippen molar-refractivity contribution in [1.82, 2.24) is 0 Å². The Balaban J connectivity index is 3.06. The molecule has 0 aromatic heterocycles. The summed E-state index contributed by atoms with van der Waals surface area (Å²) in [5, 5.41) is 8.70. The fourth-order valence-electron chi connectivity index (χ4n) is 0.977. The summed E-state index contributed by atoms with van der Waals surface area (Å²) in [6.45, 7) is 0. The van der Waals surface area contributed by atoms with E-state index < -0.39 is 5.97 Å². The molecule has 1 aromatic carbocycles. The molecule has 0 unspecified atom stereocenters. The second-order valence-electron chi connectivity index (χ2n) is 2.57. The number of hydrogen-bond donors (Lipinski definition) is 3. The van der Waals surface area contributed by atoms with Gasteiger partial charge in [-0.25, -0.2) is 4.79 Å². The van der Waals surface area contributed by atoms with Crippen molar-refractivity contribution < 1.29 is 9.90 Å². The van der Waals surface area contributed by atoms with E-state index in [4.69, 9.17) is 10.8 Å². The molecule has 3 nitrogen and oxygen atoms in total. The number of aromatic carboxylic acids is 1. The van der Waals surface area contributed by atoms with Gasteiger partial charge in [0.05, 0.1) is 11.3 Å². The lowest BCUT2D eigenvalue weighted by Gasteiger charge is -1.99. The SMILES string of the molecule is Nc1cc(C#CCS)ccc1C(=O)O. The second-order valence-corrected chi connectivity index (χ2v) is 2.88. The molecule has 0 radical (unpaired) electrons. The summed E-state index contributed by atoms with van der Waals surface area (Å²) < 4.78 is 0. The molecule has 1 aromatic rings. The van der Waals surface area contributed by atoms with Crippen molar-refractivity contribution in [1.29, 1.82) is 0 Å². The summed E-state index contributed by atoms with van der Waals surface area (Å²) in [4.78, 5) is 10.6. The molecule has 1 rings (SSSR count). The third kappa shape index (κ3) is 2.44. The number of hydrogen-bond acceptors (Lipinski definition) is 3. The van der Waals surface area contributed by atoms with Crippen LogP contribution in [0.1, 0.15) is 15.9 Å². The molecule has 0 aliphatic rings. The molecule has 0 fully saturated rings. The Kier molecular flexibility index (Phi) is 3.43. The maximum atomic E-state index is 10.6. The Morgan fingerprint density at radius 3 is 2.79 bits per heavy atom. The van der Waals surface area contributed by atoms with Crippen LogP contribution in [0.4, 0.5) is 5.69 Å². The molecule has 0 amide bonds. The van der Waals surface area contributed by atoms with Crippen molar-refractivity contribution >= 4 is 24.3 Å². The lowest BCUT2D eigenvalue weighted by Crippen LogP contribution is -2.02. The first-order valence-corrected chi connectivity index (χ1v) is 4.51. The van der Waals surface area contributed by atoms with Crippen molar-refractivity contribution in [2.24, 2.45) is 0 Å². The van der Waals surface area contributed by atoms with Crippen LogP contribution in [-0.2, 0) is 0 Å². The lowest BCUT2D eigenvalue weighted by atomic mass is 10.1. The van der Waals surface area contributed by atoms with Gasteiger partial charge in [-0.2, -0.15) is 12.6 Å². The molecule has 0 atom stereocenters. The Morgan fingerprint density at radius 2 is 2.29 bits per heavy atom. The largest absolute Gasteiger partial charge is 0.478 e. The minimum atomic E-state index is -1.03. The van der Waals surface area contributed by atoms with Gasteiger partial charge >= 0.3 is 5.97 Å². The minimum absolute atomic E-state index is 0.0985. The van der Waals surface area contributed by atoms with Crippen molar-refractivity contribution in [3.63, 3.8) is 0 Å². The summed E-state index contributed by atoms with van der Waals surface area (Å²) in [7, 11) is 0. The van der Waals surface area contributed by atoms with Crippen LogP contribution in [0.2, 0.25) is 0 Å². The van der Waals surface area contributed by atoms with Crippen molar-refractivity contribution in [2.45, 2.75) is 0 Å². The number of carboxylic acids is 1. The smallest absolute Gasteiger partial charge is 0.337 e. The summed E-state index contributed by atoms with van der Waals surface area (Å²) >= 11 is 3.93. The number of carboxylic acid groups (broad SMARTS) is 1. The molecule has 3 N–H and O–H groups in total. The maximum absolute atomic E-state index is 10.6. The third-order valence-electron chi connectivity index (χ3n) is 1.59. The molecular weight excluding hydrogens is 198 g/mol. The first kappa shape index (κ1) is 10.5. The molecule has 14 heavy (non-hydrogen) atoms. The van der Waals surface area contributed by atoms with Crippen LogP contribution in [0.3, 0.4) is 0 Å². The zero-order valence-corrected chi connectivity index (χ0v) is 8.21. The van der Waals surface area contributed by atoms with Crippen LogP contribution in [0.15, 0.2) is 18.2 Å². The average Bonchev–Trinajstić information content (AvgIpc) is 2.14. The molecule has 0 spiro atoms. The zero-order valence-electron chi connectivity index (χ0n) is 7.32. The number of carbonyl (C=O) groups is 1. The summed E-state index contributed by atoms with van der Waals surface area (Å²) in [6.07, 6.45) is 0. The predicted octanol–water partition coefficient (Wildman–Crippen LogP) is 1.25. The molecule has 0 heterocycles. The van der Waals surface area contributed by atoms with Gasteiger partial charge in [-0.1, -0.05) is 11.8 Å². The van der Waals surface area contributed by atoms with E-state index >= 15 is 0 Å². The van der Waals surface area contributed by atoms with Crippen molar-refractivity contribution in [2.75, 3.05) is 11.5 Å². The van der Waals surface area contributed by atoms with E-state index in [0.717, 1.165) is 0 Å². The Morgan fingerprint density at radius 1 is 1.57 bits per heavy atom. The van der Waals surface area contributed by atoms with E-state index in [1.54, 1.807) is 12.1 Å². The normalized spacial score (nSPS) is 8.93. The fraction of sp³-hybridized carbons (Fsp3) is 0.100. The molecule has 0 saturated heterocycles. The zero-order chi connectivity index (χ0) is 10.6. The summed E-state index contributed by atoms with van der Waals surface area (Å²) in [5.74, 6) is 4.98. The van der Waals surface area contributed by atoms with Gasteiger partial charge in [-0.3, -0.25) is 0 Å². The monoisotopic (exact) mass is 207 g/mol. The molecule has 0 saturated carbocycles. The van der Waals surface area contributed by atoms with Crippen LogP contribution < -0.4 is 5.73 Å². The maximum Gasteiger partial charge on any atom is 0.337 e. The van der Waals surface area contributed by atoms with Gasteiger partial charge in [-0.15, -0.1) is 0 Å². The van der Waals surface area contributed by atoms with Crippen LogP contribution in [-0.4, -0.2) is 16.8 Å². The molecule has 0 bridgehead atoms. The standard InChI is InChI=1S/C10H9NO2S/c11-9-6-7(2-1-5-14)3-4-8(9)10(12)13/h3-4,6,14H,5,11H2,(H,12,13). The van der Waals surface area contributed by atoms with Crippen LogP contribution in [0.25, 0.3) is 0 Å². The predicted molar refractivity (Wildman–Crippen MR) is 58.5 cm³/mol. The highest BCUT2D eigenvalue weighted by Crippen LogP contribution is 2.13. The first-order chi connectivity index (χ1) is 6.65. The van der Waals surface area contributed by atoms with Crippen molar-refractivity contribution in [3.8, 4) is 11.8 Å².